The van der Waals surface area contributed by atoms with Gasteiger partial charge >= 0.3 is 0 Å². The smallest absolute Gasteiger partial charge is 0.160 e. The van der Waals surface area contributed by atoms with Gasteiger partial charge in [-0.1, -0.05) is 30.7 Å². The largest absolute Gasteiger partial charge is 0.504 e. The van der Waals surface area contributed by atoms with Gasteiger partial charge in [-0.25, -0.2) is 0 Å². The highest BCUT2D eigenvalue weighted by Crippen LogP contribution is 2.37. The van der Waals surface area contributed by atoms with E-state index in [0.29, 0.717) is 18.4 Å². The van der Waals surface area contributed by atoms with Crippen LogP contribution >= 0.6 is 0 Å². The van der Waals surface area contributed by atoms with Crippen molar-refractivity contribution in [3.05, 3.63) is 71.8 Å². The van der Waals surface area contributed by atoms with Crippen molar-refractivity contribution in [1.82, 2.24) is 9.80 Å². The van der Waals surface area contributed by atoms with E-state index in [-0.39, 0.29) is 11.9 Å². The predicted octanol–water partition coefficient (Wildman–Crippen LogP) is 6.92. The summed E-state index contributed by atoms with van der Waals surface area (Å²) in [4.78, 5) is 5.12. The average molecular weight is 571 g/mol. The fraction of sp³-hybridized carbons (Fsp3) is 0.500. The van der Waals surface area contributed by atoms with E-state index in [1.807, 2.05) is 24.3 Å². The molecule has 0 amide bonds. The Bertz CT molecular complexity index is 1280. The van der Waals surface area contributed by atoms with Crippen molar-refractivity contribution in [3.8, 4) is 34.1 Å². The first-order chi connectivity index (χ1) is 20.7. The normalized spacial score (nSPS) is 21.5. The fourth-order valence-corrected chi connectivity index (χ4v) is 7.00. The van der Waals surface area contributed by atoms with Crippen LogP contribution in [0.1, 0.15) is 62.5 Å². The second kappa shape index (κ2) is 13.8. The lowest BCUT2D eigenvalue weighted by molar-refractivity contribution is 0.0485. The molecule has 2 aliphatic heterocycles. The maximum absolute atomic E-state index is 10.6. The van der Waals surface area contributed by atoms with Gasteiger partial charge in [0.2, 0.25) is 0 Å². The number of aromatic hydroxyl groups is 1. The number of hydrogen-bond acceptors (Lipinski definition) is 6. The van der Waals surface area contributed by atoms with Crippen molar-refractivity contribution < 1.29 is 19.3 Å². The van der Waals surface area contributed by atoms with Crippen molar-refractivity contribution in [2.75, 3.05) is 46.4 Å². The summed E-state index contributed by atoms with van der Waals surface area (Å²) in [6.45, 7) is 6.48. The summed E-state index contributed by atoms with van der Waals surface area (Å²) in [5.74, 6) is 2.46. The highest BCUT2D eigenvalue weighted by molar-refractivity contribution is 5.72. The summed E-state index contributed by atoms with van der Waals surface area (Å²) >= 11 is 0. The van der Waals surface area contributed by atoms with Crippen molar-refractivity contribution in [3.63, 3.8) is 0 Å². The van der Waals surface area contributed by atoms with Gasteiger partial charge in [-0.05, 0) is 136 Å². The van der Waals surface area contributed by atoms with Crippen LogP contribution in [-0.4, -0.2) is 73.5 Å². The standard InChI is InChI=1S/C36H46N2O4/c1-40-36-25-29(32(26-34(36)39)28-12-16-30(17-13-28)41-23-22-37-18-4-5-19-37)24-27-10-14-31(15-11-27)42-35-9-3-2-8-33(35)38-20-6-7-21-38/h10-17,25-26,33,35,39H,2-9,18-24H2,1H3. The minimum Gasteiger partial charge on any atom is -0.504 e. The highest BCUT2D eigenvalue weighted by Gasteiger charge is 2.33. The molecule has 0 aromatic heterocycles. The van der Waals surface area contributed by atoms with E-state index in [9.17, 15) is 5.11 Å². The predicted molar refractivity (Wildman–Crippen MR) is 168 cm³/mol. The fourth-order valence-electron chi connectivity index (χ4n) is 7.00. The Kier molecular flexibility index (Phi) is 9.51. The molecular formula is C36H46N2O4. The molecule has 224 valence electrons. The second-order valence-electron chi connectivity index (χ2n) is 12.2. The first-order valence-corrected chi connectivity index (χ1v) is 16.0. The maximum atomic E-state index is 10.6. The SMILES string of the molecule is COc1cc(Cc2ccc(OC3CCCCC3N3CCCC3)cc2)c(-c2ccc(OCCN3CCCC3)cc2)cc1O. The summed E-state index contributed by atoms with van der Waals surface area (Å²) in [7, 11) is 1.60. The van der Waals surface area contributed by atoms with Gasteiger partial charge in [-0.15, -0.1) is 0 Å². The number of benzene rings is 3. The molecule has 2 atom stereocenters. The molecule has 0 radical (unpaired) electrons. The van der Waals surface area contributed by atoms with E-state index >= 15 is 0 Å². The van der Waals surface area contributed by atoms with E-state index < -0.39 is 0 Å². The number of ether oxygens (including phenoxy) is 3. The minimum atomic E-state index is 0.144. The number of rotatable bonds is 11. The lowest BCUT2D eigenvalue weighted by Gasteiger charge is -2.37. The second-order valence-corrected chi connectivity index (χ2v) is 12.2. The molecule has 1 aliphatic carbocycles. The van der Waals surface area contributed by atoms with Gasteiger partial charge < -0.3 is 19.3 Å². The van der Waals surface area contributed by atoms with Crippen LogP contribution in [0.5, 0.6) is 23.0 Å². The van der Waals surface area contributed by atoms with E-state index in [4.69, 9.17) is 14.2 Å². The Hall–Kier alpha value is -3.22. The molecule has 3 aromatic carbocycles. The third-order valence-corrected chi connectivity index (χ3v) is 9.33. The summed E-state index contributed by atoms with van der Waals surface area (Å²) < 4.78 is 18.1. The Balaban J connectivity index is 1.13. The third-order valence-electron chi connectivity index (χ3n) is 9.33. The van der Waals surface area contributed by atoms with Gasteiger partial charge in [0.1, 0.15) is 24.2 Å². The zero-order valence-electron chi connectivity index (χ0n) is 25.1. The van der Waals surface area contributed by atoms with Crippen molar-refractivity contribution >= 4 is 0 Å². The van der Waals surface area contributed by atoms with Crippen LogP contribution < -0.4 is 14.2 Å². The van der Waals surface area contributed by atoms with Gasteiger partial charge in [0.15, 0.2) is 11.5 Å². The van der Waals surface area contributed by atoms with E-state index in [1.54, 1.807) is 7.11 Å². The Labute approximate surface area is 251 Å². The average Bonchev–Trinajstić information content (AvgIpc) is 3.75. The Morgan fingerprint density at radius 1 is 0.786 bits per heavy atom. The first-order valence-electron chi connectivity index (χ1n) is 16.0. The Morgan fingerprint density at radius 3 is 2.21 bits per heavy atom. The molecule has 6 nitrogen and oxygen atoms in total. The quantitative estimate of drug-likeness (QED) is 0.270. The monoisotopic (exact) mass is 570 g/mol. The molecular weight excluding hydrogens is 524 g/mol. The molecule has 3 fully saturated rings. The van der Waals surface area contributed by atoms with Crippen molar-refractivity contribution in [1.29, 1.82) is 0 Å². The number of hydrogen-bond donors (Lipinski definition) is 1. The molecule has 42 heavy (non-hydrogen) atoms. The van der Waals surface area contributed by atoms with Crippen LogP contribution in [0.25, 0.3) is 11.1 Å². The molecule has 2 heterocycles. The van der Waals surface area contributed by atoms with E-state index in [2.05, 4.69) is 46.2 Å². The topological polar surface area (TPSA) is 54.4 Å². The van der Waals surface area contributed by atoms with Crippen molar-refractivity contribution in [2.24, 2.45) is 0 Å². The molecule has 3 aliphatic rings. The van der Waals surface area contributed by atoms with Crippen LogP contribution in [0.2, 0.25) is 0 Å². The summed E-state index contributed by atoms with van der Waals surface area (Å²) in [5, 5.41) is 10.6. The minimum absolute atomic E-state index is 0.144. The lowest BCUT2D eigenvalue weighted by Crippen LogP contribution is -2.46. The van der Waals surface area contributed by atoms with Crippen LogP contribution in [0.3, 0.4) is 0 Å². The summed E-state index contributed by atoms with van der Waals surface area (Å²) in [5.41, 5.74) is 4.33. The number of phenolic OH excluding ortho intramolecular Hbond substituents is 1. The van der Waals surface area contributed by atoms with Crippen LogP contribution in [0.4, 0.5) is 0 Å². The molecule has 2 saturated heterocycles. The van der Waals surface area contributed by atoms with Crippen molar-refractivity contribution in [2.45, 2.75) is 69.9 Å². The zero-order valence-corrected chi connectivity index (χ0v) is 25.1. The molecule has 6 heteroatoms. The first kappa shape index (κ1) is 28.9. The lowest BCUT2D eigenvalue weighted by atomic mass is 9.91. The molecule has 2 unspecified atom stereocenters. The van der Waals surface area contributed by atoms with Crippen LogP contribution in [0, 0.1) is 0 Å². The summed E-state index contributed by atoms with van der Waals surface area (Å²) in [6.07, 6.45) is 11.2. The number of phenols is 1. The van der Waals surface area contributed by atoms with E-state index in [1.165, 1.54) is 76.7 Å². The van der Waals surface area contributed by atoms with Gasteiger partial charge in [0.25, 0.3) is 0 Å². The Morgan fingerprint density at radius 2 is 1.48 bits per heavy atom. The van der Waals surface area contributed by atoms with Gasteiger partial charge in [-0.2, -0.15) is 0 Å². The van der Waals surface area contributed by atoms with Gasteiger partial charge in [0.05, 0.1) is 7.11 Å². The van der Waals surface area contributed by atoms with Crippen LogP contribution in [-0.2, 0) is 6.42 Å². The van der Waals surface area contributed by atoms with Gasteiger partial charge in [0, 0.05) is 12.6 Å². The number of methoxy groups -OCH3 is 1. The van der Waals surface area contributed by atoms with Gasteiger partial charge in [-0.3, -0.25) is 9.80 Å². The summed E-state index contributed by atoms with van der Waals surface area (Å²) in [6, 6.07) is 21.1. The number of nitrogens with zero attached hydrogens (tertiary/aromatic N) is 2. The molecule has 6 rings (SSSR count). The van der Waals surface area contributed by atoms with Crippen LogP contribution in [0.15, 0.2) is 60.7 Å². The molecule has 1 N–H and O–H groups in total. The molecule has 3 aromatic rings. The molecule has 0 bridgehead atoms. The zero-order chi connectivity index (χ0) is 28.7. The molecule has 0 spiro atoms. The number of likely N-dealkylation sites (tertiary alicyclic amines) is 2. The third kappa shape index (κ3) is 7.04. The maximum Gasteiger partial charge on any atom is 0.160 e. The van der Waals surface area contributed by atoms with E-state index in [0.717, 1.165) is 47.6 Å². The highest BCUT2D eigenvalue weighted by atomic mass is 16.5. The molecule has 1 saturated carbocycles.